The van der Waals surface area contributed by atoms with Gasteiger partial charge in [-0.3, -0.25) is 0 Å². The molecule has 2 aromatic heterocycles. The Bertz CT molecular complexity index is 707. The van der Waals surface area contributed by atoms with Crippen LogP contribution in [0.15, 0.2) is 40.1 Å². The summed E-state index contributed by atoms with van der Waals surface area (Å²) < 4.78 is 11.2. The quantitative estimate of drug-likeness (QED) is 0.745. The third-order valence-electron chi connectivity index (χ3n) is 2.75. The maximum absolute atomic E-state index is 5.70. The molecule has 0 amide bonds. The van der Waals surface area contributed by atoms with Gasteiger partial charge in [0.1, 0.15) is 5.75 Å². The number of nitrogens with two attached hydrogens (primary N) is 1. The van der Waals surface area contributed by atoms with Crippen LogP contribution in [-0.4, -0.2) is 10.2 Å². The first-order valence-corrected chi connectivity index (χ1v) is 6.95. The number of rotatable bonds is 4. The molecule has 0 fully saturated rings. The van der Waals surface area contributed by atoms with Crippen molar-refractivity contribution in [3.8, 4) is 16.5 Å². The van der Waals surface area contributed by atoms with Gasteiger partial charge in [-0.05, 0) is 42.1 Å². The van der Waals surface area contributed by atoms with Crippen molar-refractivity contribution in [2.24, 2.45) is 0 Å². The third kappa shape index (κ3) is 2.65. The van der Waals surface area contributed by atoms with Gasteiger partial charge < -0.3 is 14.9 Å². The second-order valence-corrected chi connectivity index (χ2v) is 5.24. The summed E-state index contributed by atoms with van der Waals surface area (Å²) in [5.41, 5.74) is 7.39. The van der Waals surface area contributed by atoms with Crippen LogP contribution in [0.4, 0.5) is 5.69 Å². The van der Waals surface area contributed by atoms with Crippen molar-refractivity contribution in [2.45, 2.75) is 13.5 Å². The van der Waals surface area contributed by atoms with Crippen LogP contribution in [0, 0.1) is 6.92 Å². The molecule has 2 heterocycles. The van der Waals surface area contributed by atoms with Crippen LogP contribution >= 0.6 is 11.3 Å². The fourth-order valence-corrected chi connectivity index (χ4v) is 2.43. The van der Waals surface area contributed by atoms with E-state index < -0.39 is 0 Å². The van der Waals surface area contributed by atoms with Crippen LogP contribution in [0.25, 0.3) is 10.8 Å². The molecule has 3 aromatic rings. The van der Waals surface area contributed by atoms with Crippen molar-refractivity contribution in [1.29, 1.82) is 0 Å². The first kappa shape index (κ1) is 12.7. The van der Waals surface area contributed by atoms with Crippen molar-refractivity contribution in [3.05, 3.63) is 47.2 Å². The average Bonchev–Trinajstić information content (AvgIpc) is 3.08. The lowest BCUT2D eigenvalue weighted by Crippen LogP contribution is -1.98. The van der Waals surface area contributed by atoms with Gasteiger partial charge in [0.25, 0.3) is 11.8 Å². The van der Waals surface area contributed by atoms with E-state index in [1.807, 2.05) is 36.6 Å². The minimum absolute atomic E-state index is 0.239. The smallest absolute Gasteiger partial charge is 0.257 e. The number of anilines is 1. The Hall–Kier alpha value is -2.34. The molecule has 20 heavy (non-hydrogen) atoms. The summed E-state index contributed by atoms with van der Waals surface area (Å²) in [4.78, 5) is 0.951. The average molecular weight is 287 g/mol. The highest BCUT2D eigenvalue weighted by Crippen LogP contribution is 2.24. The van der Waals surface area contributed by atoms with Gasteiger partial charge in [0, 0.05) is 5.69 Å². The van der Waals surface area contributed by atoms with Crippen LogP contribution in [0.1, 0.15) is 11.5 Å². The zero-order valence-corrected chi connectivity index (χ0v) is 11.7. The lowest BCUT2D eigenvalue weighted by atomic mass is 10.2. The summed E-state index contributed by atoms with van der Waals surface area (Å²) in [5.74, 6) is 1.73. The lowest BCUT2D eigenvalue weighted by Gasteiger charge is -2.07. The van der Waals surface area contributed by atoms with Crippen LogP contribution in [0.5, 0.6) is 5.75 Å². The van der Waals surface area contributed by atoms with Gasteiger partial charge in [0.05, 0.1) is 4.88 Å². The molecule has 0 bridgehead atoms. The van der Waals surface area contributed by atoms with Crippen molar-refractivity contribution in [3.63, 3.8) is 0 Å². The van der Waals surface area contributed by atoms with E-state index in [1.165, 1.54) is 0 Å². The Morgan fingerprint density at radius 1 is 1.30 bits per heavy atom. The maximum Gasteiger partial charge on any atom is 0.257 e. The van der Waals surface area contributed by atoms with Gasteiger partial charge in [0.2, 0.25) is 0 Å². The molecule has 0 aliphatic carbocycles. The first-order chi connectivity index (χ1) is 9.72. The first-order valence-electron chi connectivity index (χ1n) is 6.07. The second kappa shape index (κ2) is 5.34. The van der Waals surface area contributed by atoms with Gasteiger partial charge in [-0.15, -0.1) is 21.5 Å². The Morgan fingerprint density at radius 3 is 2.95 bits per heavy atom. The Kier molecular flexibility index (Phi) is 3.39. The number of hydrogen-bond acceptors (Lipinski definition) is 6. The molecule has 0 saturated carbocycles. The Balaban J connectivity index is 1.70. The van der Waals surface area contributed by atoms with E-state index >= 15 is 0 Å². The molecule has 6 heteroatoms. The molecule has 1 aromatic carbocycles. The molecular formula is C14H13N3O2S. The van der Waals surface area contributed by atoms with Gasteiger partial charge in [-0.1, -0.05) is 6.07 Å². The fraction of sp³-hybridized carbons (Fsp3) is 0.143. The second-order valence-electron chi connectivity index (χ2n) is 4.29. The van der Waals surface area contributed by atoms with Gasteiger partial charge >= 0.3 is 0 Å². The van der Waals surface area contributed by atoms with E-state index in [9.17, 15) is 0 Å². The number of aryl methyl sites for hydroxylation is 1. The normalized spacial score (nSPS) is 10.7. The summed E-state index contributed by atoms with van der Waals surface area (Å²) >= 11 is 1.56. The van der Waals surface area contributed by atoms with Crippen LogP contribution in [0.2, 0.25) is 0 Å². The Labute approximate surface area is 120 Å². The predicted octanol–water partition coefficient (Wildman–Crippen LogP) is 3.27. The molecule has 0 atom stereocenters. The largest absolute Gasteiger partial charge is 0.484 e. The molecule has 5 nitrogen and oxygen atoms in total. The number of nitrogens with zero attached hydrogens (tertiary/aromatic N) is 2. The zero-order chi connectivity index (χ0) is 13.9. The van der Waals surface area contributed by atoms with Crippen LogP contribution in [-0.2, 0) is 6.61 Å². The summed E-state index contributed by atoms with van der Waals surface area (Å²) in [7, 11) is 0. The van der Waals surface area contributed by atoms with E-state index in [-0.39, 0.29) is 6.61 Å². The van der Waals surface area contributed by atoms with Crippen LogP contribution in [0.3, 0.4) is 0 Å². The van der Waals surface area contributed by atoms with Crippen molar-refractivity contribution < 1.29 is 9.15 Å². The van der Waals surface area contributed by atoms with Gasteiger partial charge in [-0.25, -0.2) is 0 Å². The Morgan fingerprint density at radius 2 is 2.20 bits per heavy atom. The molecule has 0 unspecified atom stereocenters. The number of aromatic nitrogens is 2. The van der Waals surface area contributed by atoms with E-state index in [0.29, 0.717) is 17.5 Å². The summed E-state index contributed by atoms with van der Waals surface area (Å²) in [6.45, 7) is 2.18. The van der Waals surface area contributed by atoms with E-state index in [2.05, 4.69) is 10.2 Å². The highest BCUT2D eigenvalue weighted by molar-refractivity contribution is 7.13. The minimum Gasteiger partial charge on any atom is -0.484 e. The molecule has 3 rings (SSSR count). The lowest BCUT2D eigenvalue weighted by molar-refractivity contribution is 0.263. The topological polar surface area (TPSA) is 74.2 Å². The fourth-order valence-electron chi connectivity index (χ4n) is 1.79. The van der Waals surface area contributed by atoms with Crippen molar-refractivity contribution in [1.82, 2.24) is 10.2 Å². The van der Waals surface area contributed by atoms with Crippen LogP contribution < -0.4 is 10.5 Å². The summed E-state index contributed by atoms with van der Waals surface area (Å²) in [5, 5.41) is 9.94. The highest BCUT2D eigenvalue weighted by atomic mass is 32.1. The molecule has 0 spiro atoms. The predicted molar refractivity (Wildman–Crippen MR) is 77.5 cm³/mol. The number of ether oxygens (including phenoxy) is 1. The highest BCUT2D eigenvalue weighted by Gasteiger charge is 2.10. The molecule has 2 N–H and O–H groups in total. The monoisotopic (exact) mass is 287 g/mol. The van der Waals surface area contributed by atoms with Crippen molar-refractivity contribution in [2.75, 3.05) is 5.73 Å². The van der Waals surface area contributed by atoms with Gasteiger partial charge in [-0.2, -0.15) is 0 Å². The molecule has 0 saturated heterocycles. The van der Waals surface area contributed by atoms with E-state index in [0.717, 1.165) is 16.2 Å². The summed E-state index contributed by atoms with van der Waals surface area (Å²) in [6.07, 6.45) is 0. The zero-order valence-electron chi connectivity index (χ0n) is 10.9. The maximum atomic E-state index is 5.70. The molecule has 0 radical (unpaired) electrons. The van der Waals surface area contributed by atoms with E-state index in [4.69, 9.17) is 14.9 Å². The minimum atomic E-state index is 0.239. The molecule has 102 valence electrons. The number of thiophene rings is 1. The molecular weight excluding hydrogens is 274 g/mol. The molecule has 0 aliphatic heterocycles. The number of benzene rings is 1. The van der Waals surface area contributed by atoms with Crippen molar-refractivity contribution >= 4 is 17.0 Å². The SMILES string of the molecule is Cc1cc(N)ccc1OCc1nnc(-c2cccs2)o1. The van der Waals surface area contributed by atoms with E-state index in [1.54, 1.807) is 17.4 Å². The third-order valence-corrected chi connectivity index (χ3v) is 3.61. The standard InChI is InChI=1S/C14H13N3O2S/c1-9-7-10(15)4-5-11(9)18-8-13-16-17-14(19-13)12-3-2-6-20-12/h2-7H,8,15H2,1H3. The molecule has 0 aliphatic rings. The number of hydrogen-bond donors (Lipinski definition) is 1. The summed E-state index contributed by atoms with van der Waals surface area (Å²) in [6, 6.07) is 9.37. The van der Waals surface area contributed by atoms with Gasteiger partial charge in [0.15, 0.2) is 6.61 Å². The number of nitrogen functional groups attached to an aromatic ring is 1.